The average molecular weight is 269 g/mol. The van der Waals surface area contributed by atoms with Crippen LogP contribution in [0.3, 0.4) is 0 Å². The molecule has 20 heavy (non-hydrogen) atoms. The summed E-state index contributed by atoms with van der Waals surface area (Å²) < 4.78 is 0. The number of fused-ring (bicyclic) bond motifs is 1. The Balaban J connectivity index is 1.69. The van der Waals surface area contributed by atoms with Crippen LogP contribution in [0.4, 0.5) is 5.69 Å². The van der Waals surface area contributed by atoms with Crippen LogP contribution < -0.4 is 5.32 Å². The van der Waals surface area contributed by atoms with Crippen molar-refractivity contribution in [2.24, 2.45) is 5.92 Å². The number of anilines is 1. The molecule has 1 fully saturated rings. The average Bonchev–Trinajstić information content (AvgIpc) is 2.48. The van der Waals surface area contributed by atoms with Crippen LogP contribution in [0.1, 0.15) is 19.8 Å². The molecule has 0 spiro atoms. The number of benzene rings is 1. The van der Waals surface area contributed by atoms with Crippen molar-refractivity contribution in [3.05, 3.63) is 36.5 Å². The maximum absolute atomic E-state index is 4.52. The number of nitrogens with one attached hydrogen (secondary N) is 1. The van der Waals surface area contributed by atoms with Gasteiger partial charge in [-0.2, -0.15) is 0 Å². The van der Waals surface area contributed by atoms with E-state index in [0.29, 0.717) is 6.04 Å². The Kier molecular flexibility index (Phi) is 3.88. The molecule has 0 aliphatic carbocycles. The standard InChI is InChI=1S/C17H23N3/c1-13(14-7-9-20(2)10-8-14)19-16-11-15-5-3-4-6-17(15)18-12-16/h3-6,11-14,19H,7-10H2,1-2H3. The smallest absolute Gasteiger partial charge is 0.0703 e. The summed E-state index contributed by atoms with van der Waals surface area (Å²) in [7, 11) is 2.21. The van der Waals surface area contributed by atoms with Gasteiger partial charge in [0.1, 0.15) is 0 Å². The Morgan fingerprint density at radius 2 is 2.00 bits per heavy atom. The Hall–Kier alpha value is -1.61. The van der Waals surface area contributed by atoms with E-state index in [-0.39, 0.29) is 0 Å². The third kappa shape index (κ3) is 2.93. The van der Waals surface area contributed by atoms with E-state index in [0.717, 1.165) is 17.1 Å². The second-order valence-electron chi connectivity index (χ2n) is 5.99. The van der Waals surface area contributed by atoms with E-state index in [4.69, 9.17) is 0 Å². The zero-order valence-corrected chi connectivity index (χ0v) is 12.3. The van der Waals surface area contributed by atoms with Gasteiger partial charge >= 0.3 is 0 Å². The molecule has 3 rings (SSSR count). The van der Waals surface area contributed by atoms with E-state index in [1.807, 2.05) is 12.3 Å². The van der Waals surface area contributed by atoms with E-state index in [2.05, 4.69) is 53.4 Å². The molecule has 0 saturated carbocycles. The number of nitrogens with zero attached hydrogens (tertiary/aromatic N) is 2. The first kappa shape index (κ1) is 13.4. The van der Waals surface area contributed by atoms with Crippen LogP contribution in [0.15, 0.2) is 36.5 Å². The van der Waals surface area contributed by atoms with E-state index in [1.165, 1.54) is 31.3 Å². The molecule has 1 aromatic heterocycles. The first-order valence-corrected chi connectivity index (χ1v) is 7.52. The predicted octanol–water partition coefficient (Wildman–Crippen LogP) is 3.38. The largest absolute Gasteiger partial charge is 0.381 e. The molecule has 0 amide bonds. The summed E-state index contributed by atoms with van der Waals surface area (Å²) in [5.41, 5.74) is 2.19. The lowest BCUT2D eigenvalue weighted by Gasteiger charge is -2.33. The molecule has 2 aromatic rings. The first-order valence-electron chi connectivity index (χ1n) is 7.52. The molecule has 3 heteroatoms. The van der Waals surface area contributed by atoms with Crippen LogP contribution in [0.5, 0.6) is 0 Å². The summed E-state index contributed by atoms with van der Waals surface area (Å²) in [6.45, 7) is 4.73. The van der Waals surface area contributed by atoms with Crippen LogP contribution in [-0.2, 0) is 0 Å². The molecule has 1 N–H and O–H groups in total. The van der Waals surface area contributed by atoms with Crippen molar-refractivity contribution in [2.45, 2.75) is 25.8 Å². The molecule has 1 aliphatic heterocycles. The van der Waals surface area contributed by atoms with Crippen molar-refractivity contribution in [2.75, 3.05) is 25.5 Å². The summed E-state index contributed by atoms with van der Waals surface area (Å²) in [5, 5.41) is 4.84. The molecular weight excluding hydrogens is 246 g/mol. The van der Waals surface area contributed by atoms with Crippen LogP contribution in [0.25, 0.3) is 10.9 Å². The van der Waals surface area contributed by atoms with Gasteiger partial charge in [0.2, 0.25) is 0 Å². The van der Waals surface area contributed by atoms with Gasteiger partial charge in [-0.15, -0.1) is 0 Å². The predicted molar refractivity (Wildman–Crippen MR) is 85.0 cm³/mol. The van der Waals surface area contributed by atoms with Gasteiger partial charge in [-0.3, -0.25) is 4.98 Å². The summed E-state index contributed by atoms with van der Waals surface area (Å²) in [5.74, 6) is 0.762. The molecule has 1 atom stereocenters. The number of hydrogen-bond donors (Lipinski definition) is 1. The van der Waals surface area contributed by atoms with Gasteiger partial charge in [0.05, 0.1) is 17.4 Å². The maximum atomic E-state index is 4.52. The minimum atomic E-state index is 0.506. The summed E-state index contributed by atoms with van der Waals surface area (Å²) >= 11 is 0. The van der Waals surface area contributed by atoms with E-state index < -0.39 is 0 Å². The Bertz CT molecular complexity index is 573. The van der Waals surface area contributed by atoms with Gasteiger partial charge in [0.25, 0.3) is 0 Å². The molecule has 1 aromatic carbocycles. The van der Waals surface area contributed by atoms with Crippen molar-refractivity contribution in [3.63, 3.8) is 0 Å². The fourth-order valence-corrected chi connectivity index (χ4v) is 3.06. The van der Waals surface area contributed by atoms with Crippen molar-refractivity contribution in [1.82, 2.24) is 9.88 Å². The number of pyridine rings is 1. The molecule has 0 radical (unpaired) electrons. The lowest BCUT2D eigenvalue weighted by molar-refractivity contribution is 0.208. The molecule has 1 unspecified atom stereocenters. The van der Waals surface area contributed by atoms with Gasteiger partial charge in [0.15, 0.2) is 0 Å². The van der Waals surface area contributed by atoms with Crippen LogP contribution in [0.2, 0.25) is 0 Å². The van der Waals surface area contributed by atoms with Crippen molar-refractivity contribution >= 4 is 16.6 Å². The number of hydrogen-bond acceptors (Lipinski definition) is 3. The lowest BCUT2D eigenvalue weighted by atomic mass is 9.90. The summed E-state index contributed by atoms with van der Waals surface area (Å²) in [4.78, 5) is 6.94. The quantitative estimate of drug-likeness (QED) is 0.926. The number of piperidine rings is 1. The molecule has 1 aliphatic rings. The molecule has 2 heterocycles. The zero-order valence-electron chi connectivity index (χ0n) is 12.3. The number of para-hydroxylation sites is 1. The highest BCUT2D eigenvalue weighted by Crippen LogP contribution is 2.23. The highest BCUT2D eigenvalue weighted by molar-refractivity contribution is 5.81. The normalized spacial score (nSPS) is 19.1. The summed E-state index contributed by atoms with van der Waals surface area (Å²) in [6, 6.07) is 11.0. The fourth-order valence-electron chi connectivity index (χ4n) is 3.06. The Morgan fingerprint density at radius 3 is 2.80 bits per heavy atom. The molecule has 0 bridgehead atoms. The van der Waals surface area contributed by atoms with Gasteiger partial charge in [0, 0.05) is 11.4 Å². The van der Waals surface area contributed by atoms with Gasteiger partial charge < -0.3 is 10.2 Å². The highest BCUT2D eigenvalue weighted by Gasteiger charge is 2.22. The third-order valence-electron chi connectivity index (χ3n) is 4.46. The monoisotopic (exact) mass is 269 g/mol. The lowest BCUT2D eigenvalue weighted by Crippen LogP contribution is -2.37. The second-order valence-corrected chi connectivity index (χ2v) is 5.99. The molecule has 3 nitrogen and oxygen atoms in total. The van der Waals surface area contributed by atoms with E-state index in [9.17, 15) is 0 Å². The van der Waals surface area contributed by atoms with E-state index in [1.54, 1.807) is 0 Å². The second kappa shape index (κ2) is 5.80. The fraction of sp³-hybridized carbons (Fsp3) is 0.471. The van der Waals surface area contributed by atoms with Crippen LogP contribution >= 0.6 is 0 Å². The number of rotatable bonds is 3. The maximum Gasteiger partial charge on any atom is 0.0703 e. The first-order chi connectivity index (χ1) is 9.72. The SMILES string of the molecule is CC(Nc1cnc2ccccc2c1)C1CCN(C)CC1. The molecular formula is C17H23N3. The van der Waals surface area contributed by atoms with Crippen LogP contribution in [0, 0.1) is 5.92 Å². The van der Waals surface area contributed by atoms with Crippen molar-refractivity contribution in [3.8, 4) is 0 Å². The van der Waals surface area contributed by atoms with Crippen molar-refractivity contribution in [1.29, 1.82) is 0 Å². The number of likely N-dealkylation sites (tertiary alicyclic amines) is 1. The topological polar surface area (TPSA) is 28.2 Å². The zero-order chi connectivity index (χ0) is 13.9. The molecule has 1 saturated heterocycles. The minimum absolute atomic E-state index is 0.506. The number of aromatic nitrogens is 1. The third-order valence-corrected chi connectivity index (χ3v) is 4.46. The van der Waals surface area contributed by atoms with Gasteiger partial charge in [-0.05, 0) is 58.0 Å². The summed E-state index contributed by atoms with van der Waals surface area (Å²) in [6.07, 6.45) is 4.52. The van der Waals surface area contributed by atoms with E-state index >= 15 is 0 Å². The molecule has 106 valence electrons. The minimum Gasteiger partial charge on any atom is -0.381 e. The van der Waals surface area contributed by atoms with Gasteiger partial charge in [-0.25, -0.2) is 0 Å². The van der Waals surface area contributed by atoms with Crippen molar-refractivity contribution < 1.29 is 0 Å². The highest BCUT2D eigenvalue weighted by atomic mass is 15.1. The van der Waals surface area contributed by atoms with Gasteiger partial charge in [-0.1, -0.05) is 18.2 Å². The Morgan fingerprint density at radius 1 is 1.25 bits per heavy atom. The Labute approximate surface area is 121 Å². The van der Waals surface area contributed by atoms with Crippen LogP contribution in [-0.4, -0.2) is 36.1 Å².